The van der Waals surface area contributed by atoms with E-state index in [0.29, 0.717) is 12.6 Å². The summed E-state index contributed by atoms with van der Waals surface area (Å²) in [6, 6.07) is 15.0. The van der Waals surface area contributed by atoms with Crippen molar-refractivity contribution >= 4 is 29.9 Å². The summed E-state index contributed by atoms with van der Waals surface area (Å²) in [5, 5.41) is 11.3. The minimum absolute atomic E-state index is 0. The first-order valence-electron chi connectivity index (χ1n) is 9.89. The predicted molar refractivity (Wildman–Crippen MR) is 126 cm³/mol. The third-order valence-electron chi connectivity index (χ3n) is 5.25. The molecule has 0 aliphatic heterocycles. The molecule has 0 fully saturated rings. The van der Waals surface area contributed by atoms with E-state index >= 15 is 0 Å². The maximum absolute atomic E-state index is 5.43. The van der Waals surface area contributed by atoms with Gasteiger partial charge >= 0.3 is 0 Å². The van der Waals surface area contributed by atoms with Gasteiger partial charge < -0.3 is 15.1 Å². The first kappa shape index (κ1) is 21.4. The van der Waals surface area contributed by atoms with E-state index in [4.69, 9.17) is 9.41 Å². The molecular formula is C22H28IN5O. The van der Waals surface area contributed by atoms with E-state index in [1.807, 2.05) is 29.9 Å². The molecule has 154 valence electrons. The molecular weight excluding hydrogens is 477 g/mol. The molecule has 0 bridgehead atoms. The topological polar surface area (TPSA) is 67.4 Å². The highest BCUT2D eigenvalue weighted by Gasteiger charge is 2.19. The van der Waals surface area contributed by atoms with Crippen molar-refractivity contribution in [2.75, 3.05) is 6.54 Å². The number of halogens is 1. The number of aromatic nitrogens is 2. The Morgan fingerprint density at radius 2 is 2.07 bits per heavy atom. The Balaban J connectivity index is 0.00000240. The van der Waals surface area contributed by atoms with Crippen molar-refractivity contribution in [2.45, 2.75) is 38.3 Å². The van der Waals surface area contributed by atoms with Gasteiger partial charge in [0.1, 0.15) is 5.76 Å². The Bertz CT molecular complexity index is 919. The number of guanidine groups is 1. The van der Waals surface area contributed by atoms with Gasteiger partial charge in [-0.05, 0) is 48.6 Å². The van der Waals surface area contributed by atoms with Crippen LogP contribution in [0.15, 0.2) is 64.3 Å². The van der Waals surface area contributed by atoms with Crippen molar-refractivity contribution in [1.29, 1.82) is 0 Å². The highest BCUT2D eigenvalue weighted by molar-refractivity contribution is 14.0. The molecule has 0 saturated carbocycles. The van der Waals surface area contributed by atoms with E-state index in [1.165, 1.54) is 11.1 Å². The van der Waals surface area contributed by atoms with E-state index in [2.05, 4.69) is 40.0 Å². The fourth-order valence-corrected chi connectivity index (χ4v) is 3.64. The van der Waals surface area contributed by atoms with E-state index in [1.54, 1.807) is 12.5 Å². The highest BCUT2D eigenvalue weighted by atomic mass is 127. The molecule has 6 nitrogen and oxygen atoms in total. The molecule has 1 aromatic carbocycles. The lowest BCUT2D eigenvalue weighted by Crippen LogP contribution is -2.46. The zero-order chi connectivity index (χ0) is 19.2. The quantitative estimate of drug-likeness (QED) is 0.306. The molecule has 4 rings (SSSR count). The average molecular weight is 505 g/mol. The van der Waals surface area contributed by atoms with E-state index in [9.17, 15) is 0 Å². The summed E-state index contributed by atoms with van der Waals surface area (Å²) in [6.07, 6.45) is 7.59. The number of nitrogens with one attached hydrogen (secondary N) is 2. The molecule has 2 N–H and O–H groups in total. The van der Waals surface area contributed by atoms with Crippen molar-refractivity contribution in [2.24, 2.45) is 12.0 Å². The first-order valence-corrected chi connectivity index (χ1v) is 9.89. The van der Waals surface area contributed by atoms with Gasteiger partial charge in [0, 0.05) is 32.3 Å². The highest BCUT2D eigenvalue weighted by Crippen LogP contribution is 2.21. The molecule has 1 atom stereocenters. The average Bonchev–Trinajstić information content (AvgIpc) is 3.37. The largest absolute Gasteiger partial charge is 0.469 e. The number of hydrogen-bond donors (Lipinski definition) is 2. The smallest absolute Gasteiger partial charge is 0.191 e. The van der Waals surface area contributed by atoms with Crippen LogP contribution in [0.2, 0.25) is 0 Å². The summed E-state index contributed by atoms with van der Waals surface area (Å²) >= 11 is 0. The molecule has 0 radical (unpaired) electrons. The summed E-state index contributed by atoms with van der Waals surface area (Å²) in [5.41, 5.74) is 3.99. The van der Waals surface area contributed by atoms with Crippen LogP contribution in [0.5, 0.6) is 0 Å². The van der Waals surface area contributed by atoms with Gasteiger partial charge in [0.15, 0.2) is 5.96 Å². The second-order valence-corrected chi connectivity index (χ2v) is 7.22. The SMILES string of the molecule is Cn1nccc1CN=C(NCCc1ccco1)NC1CCc2ccccc2C1.I. The van der Waals surface area contributed by atoms with E-state index in [-0.39, 0.29) is 24.0 Å². The zero-order valence-electron chi connectivity index (χ0n) is 16.7. The standard InChI is InChI=1S/C22H27N5O.HI/c1-27-20(10-13-25-27)16-24-22(23-12-11-21-7-4-14-28-21)26-19-9-8-17-5-2-3-6-18(17)15-19;/h2-7,10,13-14,19H,8-9,11-12,15-16H2,1H3,(H2,23,24,26);1H. The summed E-state index contributed by atoms with van der Waals surface area (Å²) in [4.78, 5) is 4.80. The number of rotatable bonds is 6. The second kappa shape index (κ2) is 10.5. The van der Waals surface area contributed by atoms with Gasteiger partial charge in [0.2, 0.25) is 0 Å². The number of benzene rings is 1. The molecule has 1 unspecified atom stereocenters. The number of nitrogens with zero attached hydrogens (tertiary/aromatic N) is 3. The molecule has 0 saturated heterocycles. The van der Waals surface area contributed by atoms with Gasteiger partial charge in [-0.25, -0.2) is 4.99 Å². The molecule has 29 heavy (non-hydrogen) atoms. The Hall–Kier alpha value is -2.29. The van der Waals surface area contributed by atoms with Crippen molar-refractivity contribution in [1.82, 2.24) is 20.4 Å². The predicted octanol–water partition coefficient (Wildman–Crippen LogP) is 3.47. The normalized spacial score (nSPS) is 16.0. The minimum atomic E-state index is 0. The molecule has 2 aromatic heterocycles. The summed E-state index contributed by atoms with van der Waals surface area (Å²) < 4.78 is 7.29. The number of aryl methyl sites for hydroxylation is 2. The van der Waals surface area contributed by atoms with Gasteiger partial charge in [0.05, 0.1) is 18.5 Å². The van der Waals surface area contributed by atoms with Crippen molar-refractivity contribution in [3.63, 3.8) is 0 Å². The number of furan rings is 1. The van der Waals surface area contributed by atoms with Crippen molar-refractivity contribution < 1.29 is 4.42 Å². The number of hydrogen-bond acceptors (Lipinski definition) is 3. The van der Waals surface area contributed by atoms with Gasteiger partial charge in [-0.15, -0.1) is 24.0 Å². The van der Waals surface area contributed by atoms with Crippen LogP contribution in [0.3, 0.4) is 0 Å². The van der Waals surface area contributed by atoms with Crippen LogP contribution in [0, 0.1) is 0 Å². The Morgan fingerprint density at radius 3 is 2.83 bits per heavy atom. The number of aliphatic imine (C=N–C) groups is 1. The fraction of sp³-hybridized carbons (Fsp3) is 0.364. The van der Waals surface area contributed by atoms with Gasteiger partial charge in [0.25, 0.3) is 0 Å². The lowest BCUT2D eigenvalue weighted by Gasteiger charge is -2.27. The maximum Gasteiger partial charge on any atom is 0.191 e. The molecule has 1 aliphatic rings. The van der Waals surface area contributed by atoms with Crippen LogP contribution in [0.4, 0.5) is 0 Å². The Morgan fingerprint density at radius 1 is 1.21 bits per heavy atom. The third-order valence-corrected chi connectivity index (χ3v) is 5.25. The third kappa shape index (κ3) is 5.85. The van der Waals surface area contributed by atoms with Crippen LogP contribution < -0.4 is 10.6 Å². The van der Waals surface area contributed by atoms with Crippen molar-refractivity contribution in [3.8, 4) is 0 Å². The summed E-state index contributed by atoms with van der Waals surface area (Å²) in [6.45, 7) is 1.37. The summed E-state index contributed by atoms with van der Waals surface area (Å²) in [5.74, 6) is 1.82. The molecule has 0 spiro atoms. The van der Waals surface area contributed by atoms with Crippen LogP contribution >= 0.6 is 24.0 Å². The molecule has 0 amide bonds. The van der Waals surface area contributed by atoms with Gasteiger partial charge in [-0.3, -0.25) is 4.68 Å². The molecule has 1 aliphatic carbocycles. The monoisotopic (exact) mass is 505 g/mol. The second-order valence-electron chi connectivity index (χ2n) is 7.22. The van der Waals surface area contributed by atoms with Crippen LogP contribution in [-0.2, 0) is 32.9 Å². The van der Waals surface area contributed by atoms with Crippen LogP contribution in [0.1, 0.15) is 29.0 Å². The van der Waals surface area contributed by atoms with Crippen LogP contribution in [-0.4, -0.2) is 28.3 Å². The van der Waals surface area contributed by atoms with E-state index in [0.717, 1.165) is 49.6 Å². The number of fused-ring (bicyclic) bond motifs is 1. The lowest BCUT2D eigenvalue weighted by molar-refractivity contribution is 0.501. The molecule has 7 heteroatoms. The Labute approximate surface area is 188 Å². The van der Waals surface area contributed by atoms with Gasteiger partial charge in [-0.2, -0.15) is 5.10 Å². The van der Waals surface area contributed by atoms with Crippen molar-refractivity contribution in [3.05, 3.63) is 77.5 Å². The zero-order valence-corrected chi connectivity index (χ0v) is 19.0. The van der Waals surface area contributed by atoms with Crippen LogP contribution in [0.25, 0.3) is 0 Å². The lowest BCUT2D eigenvalue weighted by atomic mass is 9.88. The fourth-order valence-electron chi connectivity index (χ4n) is 3.64. The van der Waals surface area contributed by atoms with Gasteiger partial charge in [-0.1, -0.05) is 24.3 Å². The summed E-state index contributed by atoms with van der Waals surface area (Å²) in [7, 11) is 1.94. The van der Waals surface area contributed by atoms with E-state index < -0.39 is 0 Å². The molecule has 2 heterocycles. The first-order chi connectivity index (χ1) is 13.8. The Kier molecular flexibility index (Phi) is 7.74. The maximum atomic E-state index is 5.43. The minimum Gasteiger partial charge on any atom is -0.469 e. The molecule has 3 aromatic rings.